The van der Waals surface area contributed by atoms with Crippen LogP contribution in [0.4, 0.5) is 5.82 Å². The van der Waals surface area contributed by atoms with E-state index in [1.807, 2.05) is 0 Å². The van der Waals surface area contributed by atoms with Crippen molar-refractivity contribution >= 4 is 17.4 Å². The minimum absolute atomic E-state index is 0.220. The molecule has 1 aromatic rings. The smallest absolute Gasteiger partial charge is 0.350 e. The van der Waals surface area contributed by atoms with Gasteiger partial charge in [-0.1, -0.05) is 11.6 Å². The van der Waals surface area contributed by atoms with Gasteiger partial charge < -0.3 is 4.90 Å². The maximum Gasteiger partial charge on any atom is 0.350 e. The van der Waals surface area contributed by atoms with E-state index in [-0.39, 0.29) is 5.69 Å². The van der Waals surface area contributed by atoms with Gasteiger partial charge in [0.2, 0.25) is 0 Å². The summed E-state index contributed by atoms with van der Waals surface area (Å²) >= 11 is 5.82. The average Bonchev–Trinajstić information content (AvgIpc) is 2.65. The molecule has 1 saturated heterocycles. The molecular formula is C10H12ClN3O. The summed E-state index contributed by atoms with van der Waals surface area (Å²) in [5.74, 6) is 0.953. The lowest BCUT2D eigenvalue weighted by Gasteiger charge is -2.33. The highest BCUT2D eigenvalue weighted by Gasteiger charge is 2.30. The molecule has 1 unspecified atom stereocenters. The molecule has 80 valence electrons. The van der Waals surface area contributed by atoms with Crippen LogP contribution in [0.5, 0.6) is 0 Å². The fourth-order valence-electron chi connectivity index (χ4n) is 2.63. The van der Waals surface area contributed by atoms with Gasteiger partial charge in [0.05, 0.1) is 0 Å². The molecule has 5 heteroatoms. The number of fused-ring (bicyclic) bond motifs is 3. The van der Waals surface area contributed by atoms with Crippen molar-refractivity contribution < 1.29 is 0 Å². The normalized spacial score (nSPS) is 23.8. The van der Waals surface area contributed by atoms with Gasteiger partial charge in [-0.05, 0) is 19.3 Å². The highest BCUT2D eigenvalue weighted by atomic mass is 35.5. The lowest BCUT2D eigenvalue weighted by molar-refractivity contribution is 0.475. The fraction of sp³-hybridized carbons (Fsp3) is 0.600. The number of aromatic nitrogens is 2. The van der Waals surface area contributed by atoms with Crippen LogP contribution >= 0.6 is 11.6 Å². The van der Waals surface area contributed by atoms with Crippen LogP contribution in [-0.2, 0) is 6.54 Å². The Labute approximate surface area is 92.5 Å². The van der Waals surface area contributed by atoms with E-state index in [4.69, 9.17) is 11.6 Å². The summed E-state index contributed by atoms with van der Waals surface area (Å²) in [4.78, 5) is 17.7. The van der Waals surface area contributed by atoms with E-state index >= 15 is 0 Å². The molecule has 0 amide bonds. The van der Waals surface area contributed by atoms with Crippen LogP contribution in [-0.4, -0.2) is 22.1 Å². The molecular weight excluding hydrogens is 214 g/mol. The van der Waals surface area contributed by atoms with Crippen LogP contribution in [0.3, 0.4) is 0 Å². The Morgan fingerprint density at radius 2 is 2.27 bits per heavy atom. The number of halogens is 1. The molecule has 1 fully saturated rings. The molecule has 0 aliphatic carbocycles. The van der Waals surface area contributed by atoms with E-state index in [0.29, 0.717) is 11.2 Å². The van der Waals surface area contributed by atoms with Crippen molar-refractivity contribution in [2.24, 2.45) is 0 Å². The van der Waals surface area contributed by atoms with Gasteiger partial charge in [0.1, 0.15) is 11.0 Å². The van der Waals surface area contributed by atoms with Crippen molar-refractivity contribution in [3.05, 3.63) is 21.7 Å². The first-order chi connectivity index (χ1) is 7.25. The van der Waals surface area contributed by atoms with Gasteiger partial charge in [-0.3, -0.25) is 4.57 Å². The van der Waals surface area contributed by atoms with Crippen LogP contribution in [0.25, 0.3) is 0 Å². The fourth-order valence-corrected chi connectivity index (χ4v) is 2.80. The second-order valence-electron chi connectivity index (χ2n) is 4.15. The van der Waals surface area contributed by atoms with E-state index < -0.39 is 0 Å². The second kappa shape index (κ2) is 3.23. The number of rotatable bonds is 0. The third-order valence-electron chi connectivity index (χ3n) is 3.32. The molecule has 0 radical (unpaired) electrons. The molecule has 0 spiro atoms. The van der Waals surface area contributed by atoms with E-state index in [9.17, 15) is 4.79 Å². The summed E-state index contributed by atoms with van der Waals surface area (Å²) in [6.45, 7) is 1.81. The zero-order valence-electron chi connectivity index (χ0n) is 8.32. The highest BCUT2D eigenvalue weighted by molar-refractivity contribution is 6.29. The van der Waals surface area contributed by atoms with Crippen molar-refractivity contribution in [3.63, 3.8) is 0 Å². The van der Waals surface area contributed by atoms with Crippen LogP contribution in [0.2, 0.25) is 5.15 Å². The van der Waals surface area contributed by atoms with Crippen molar-refractivity contribution in [1.29, 1.82) is 0 Å². The van der Waals surface area contributed by atoms with Crippen LogP contribution in [0.1, 0.15) is 19.3 Å². The Kier molecular flexibility index (Phi) is 1.99. The summed E-state index contributed by atoms with van der Waals surface area (Å²) in [5, 5.41) is 0.304. The van der Waals surface area contributed by atoms with E-state index in [2.05, 4.69) is 9.88 Å². The summed E-state index contributed by atoms with van der Waals surface area (Å²) in [7, 11) is 0. The zero-order chi connectivity index (χ0) is 10.4. The summed E-state index contributed by atoms with van der Waals surface area (Å²) in [6.07, 6.45) is 3.49. The molecule has 0 saturated carbocycles. The molecule has 0 bridgehead atoms. The van der Waals surface area contributed by atoms with Crippen LogP contribution in [0, 0.1) is 0 Å². The van der Waals surface area contributed by atoms with E-state index in [1.54, 1.807) is 10.6 Å². The molecule has 1 atom stereocenters. The van der Waals surface area contributed by atoms with Crippen LogP contribution < -0.4 is 10.6 Å². The van der Waals surface area contributed by atoms with Crippen molar-refractivity contribution in [3.8, 4) is 0 Å². The Balaban J connectivity index is 2.16. The Morgan fingerprint density at radius 3 is 3.13 bits per heavy atom. The summed E-state index contributed by atoms with van der Waals surface area (Å²) in [5.41, 5.74) is -0.220. The van der Waals surface area contributed by atoms with Gasteiger partial charge in [-0.15, -0.1) is 0 Å². The predicted molar refractivity (Wildman–Crippen MR) is 58.5 cm³/mol. The minimum Gasteiger partial charge on any atom is -0.355 e. The van der Waals surface area contributed by atoms with Crippen molar-refractivity contribution in [2.75, 3.05) is 11.4 Å². The maximum absolute atomic E-state index is 11.6. The molecule has 15 heavy (non-hydrogen) atoms. The molecule has 4 nitrogen and oxygen atoms in total. The quantitative estimate of drug-likeness (QED) is 0.624. The van der Waals surface area contributed by atoms with E-state index in [0.717, 1.165) is 25.3 Å². The van der Waals surface area contributed by atoms with Gasteiger partial charge in [0.15, 0.2) is 0 Å². The Morgan fingerprint density at radius 1 is 1.40 bits per heavy atom. The molecule has 2 aliphatic heterocycles. The molecule has 0 N–H and O–H groups in total. The third kappa shape index (κ3) is 1.35. The lowest BCUT2D eigenvalue weighted by Crippen LogP contribution is -2.41. The molecule has 3 rings (SSSR count). The number of anilines is 1. The molecule has 0 aromatic carbocycles. The lowest BCUT2D eigenvalue weighted by atomic mass is 10.1. The van der Waals surface area contributed by atoms with Crippen molar-refractivity contribution in [1.82, 2.24) is 9.55 Å². The second-order valence-corrected chi connectivity index (χ2v) is 4.54. The monoisotopic (exact) mass is 225 g/mol. The molecule has 3 heterocycles. The Bertz CT molecular complexity index is 456. The first-order valence-corrected chi connectivity index (χ1v) is 5.67. The summed E-state index contributed by atoms with van der Waals surface area (Å²) < 4.78 is 1.73. The van der Waals surface area contributed by atoms with Gasteiger partial charge in [-0.2, -0.15) is 4.98 Å². The number of hydrogen-bond acceptors (Lipinski definition) is 3. The number of hydrogen-bond donors (Lipinski definition) is 0. The number of nitrogens with zero attached hydrogens (tertiary/aromatic N) is 3. The topological polar surface area (TPSA) is 38.1 Å². The SMILES string of the molecule is O=c1nc(Cl)cc2n1CCC1CCCN21. The van der Waals surface area contributed by atoms with Crippen molar-refractivity contribution in [2.45, 2.75) is 31.8 Å². The molecule has 2 aliphatic rings. The highest BCUT2D eigenvalue weighted by Crippen LogP contribution is 2.31. The van der Waals surface area contributed by atoms with Crippen LogP contribution in [0.15, 0.2) is 10.9 Å². The van der Waals surface area contributed by atoms with Gasteiger partial charge in [-0.25, -0.2) is 4.79 Å². The van der Waals surface area contributed by atoms with Gasteiger partial charge in [0, 0.05) is 25.2 Å². The van der Waals surface area contributed by atoms with Gasteiger partial charge in [0.25, 0.3) is 0 Å². The Hall–Kier alpha value is -1.03. The third-order valence-corrected chi connectivity index (χ3v) is 3.51. The zero-order valence-corrected chi connectivity index (χ0v) is 9.07. The standard InChI is InChI=1S/C10H12ClN3O/c11-8-6-9-13-4-1-2-7(13)3-5-14(9)10(15)12-8/h6-7H,1-5H2. The molecule has 1 aromatic heterocycles. The maximum atomic E-state index is 11.6. The van der Waals surface area contributed by atoms with Gasteiger partial charge >= 0.3 is 5.69 Å². The average molecular weight is 226 g/mol. The predicted octanol–water partition coefficient (Wildman–Crippen LogP) is 1.27. The first kappa shape index (κ1) is 9.21. The largest absolute Gasteiger partial charge is 0.355 e. The first-order valence-electron chi connectivity index (χ1n) is 5.30. The minimum atomic E-state index is -0.220. The van der Waals surface area contributed by atoms with E-state index in [1.165, 1.54) is 12.8 Å². The summed E-state index contributed by atoms with van der Waals surface area (Å²) in [6, 6.07) is 2.41.